The Balaban J connectivity index is 3.92. The van der Waals surface area contributed by atoms with Gasteiger partial charge in [0.15, 0.2) is 0 Å². The molecule has 0 aromatic rings. The lowest BCUT2D eigenvalue weighted by molar-refractivity contribution is 0.342. The van der Waals surface area contributed by atoms with Crippen molar-refractivity contribution in [2.45, 2.75) is 53.9 Å². The number of hydrogen-bond acceptors (Lipinski definition) is 1. The zero-order valence-corrected chi connectivity index (χ0v) is 10.9. The molecule has 0 aliphatic heterocycles. The first-order valence-electron chi connectivity index (χ1n) is 5.81. The molecule has 0 saturated heterocycles. The molecule has 0 bridgehead atoms. The van der Waals surface area contributed by atoms with E-state index in [4.69, 9.17) is 5.11 Å². The number of rotatable bonds is 5. The second-order valence-corrected chi connectivity index (χ2v) is 5.41. The first kappa shape index (κ1) is 14.4. The van der Waals surface area contributed by atoms with E-state index in [-0.39, 0.29) is 6.61 Å². The summed E-state index contributed by atoms with van der Waals surface area (Å²) in [7, 11) is 0. The summed E-state index contributed by atoms with van der Waals surface area (Å²) < 4.78 is 0. The Hall–Kier alpha value is -0.560. The Morgan fingerprint density at radius 3 is 2.07 bits per heavy atom. The summed E-state index contributed by atoms with van der Waals surface area (Å²) in [6, 6.07) is 0. The molecule has 0 saturated carbocycles. The third-order valence-electron chi connectivity index (χ3n) is 2.60. The Bertz CT molecular complexity index is 228. The van der Waals surface area contributed by atoms with E-state index >= 15 is 0 Å². The van der Waals surface area contributed by atoms with Crippen LogP contribution in [0.25, 0.3) is 0 Å². The lowest BCUT2D eigenvalue weighted by Crippen LogP contribution is -2.03. The molecule has 0 aliphatic carbocycles. The van der Waals surface area contributed by atoms with Gasteiger partial charge >= 0.3 is 0 Å². The third kappa shape index (κ3) is 8.44. The van der Waals surface area contributed by atoms with Gasteiger partial charge in [0.25, 0.3) is 0 Å². The lowest BCUT2D eigenvalue weighted by Gasteiger charge is -2.16. The van der Waals surface area contributed by atoms with Crippen molar-refractivity contribution < 1.29 is 5.11 Å². The van der Waals surface area contributed by atoms with Crippen molar-refractivity contribution in [1.82, 2.24) is 0 Å². The Labute approximate surface area is 94.9 Å². The van der Waals surface area contributed by atoms with Crippen molar-refractivity contribution in [1.29, 1.82) is 0 Å². The van der Waals surface area contributed by atoms with Crippen molar-refractivity contribution >= 4 is 0 Å². The number of allylic oxidation sites excluding steroid dienone is 3. The highest BCUT2D eigenvalue weighted by atomic mass is 16.2. The normalized spacial score (nSPS) is 14.5. The minimum absolute atomic E-state index is 0.138. The molecule has 0 aromatic carbocycles. The smallest absolute Gasteiger partial charge is 0.0618 e. The summed E-state index contributed by atoms with van der Waals surface area (Å²) in [6.07, 6.45) is 7.77. The Morgan fingerprint density at radius 2 is 1.60 bits per heavy atom. The predicted octanol–water partition coefficient (Wildman–Crippen LogP) is 4.09. The van der Waals surface area contributed by atoms with Crippen LogP contribution in [-0.2, 0) is 0 Å². The van der Waals surface area contributed by atoms with Gasteiger partial charge in [0.1, 0.15) is 0 Å². The first-order chi connectivity index (χ1) is 6.87. The molecule has 1 heteroatoms. The molecule has 0 aliphatic rings. The largest absolute Gasteiger partial charge is 0.392 e. The van der Waals surface area contributed by atoms with Gasteiger partial charge in [-0.25, -0.2) is 0 Å². The second kappa shape index (κ2) is 6.84. The van der Waals surface area contributed by atoms with Crippen LogP contribution in [0.5, 0.6) is 0 Å². The molecule has 0 heterocycles. The molecular formula is C14H26O. The fourth-order valence-corrected chi connectivity index (χ4v) is 1.41. The standard InChI is InChI=1S/C14H26O/c1-12(13(2)9-11-15)8-6-7-10-14(3,4)5/h8-9,15H,6-7,10-11H2,1-5H3/b12-8+,13-9+. The SMILES string of the molecule is CC(=C\CO)/C(C)=C/CCCC(C)(C)C. The van der Waals surface area contributed by atoms with Crippen LogP contribution in [-0.4, -0.2) is 11.7 Å². The lowest BCUT2D eigenvalue weighted by atomic mass is 9.89. The van der Waals surface area contributed by atoms with Crippen molar-refractivity contribution in [3.8, 4) is 0 Å². The molecule has 0 atom stereocenters. The average Bonchev–Trinajstić information content (AvgIpc) is 2.11. The summed E-state index contributed by atoms with van der Waals surface area (Å²) in [5.41, 5.74) is 2.92. The van der Waals surface area contributed by atoms with Crippen molar-refractivity contribution in [3.05, 3.63) is 23.3 Å². The summed E-state index contributed by atoms with van der Waals surface area (Å²) in [5.74, 6) is 0. The Kier molecular flexibility index (Phi) is 6.58. The number of hydrogen-bond donors (Lipinski definition) is 1. The molecule has 0 rings (SSSR count). The molecule has 0 amide bonds. The quantitative estimate of drug-likeness (QED) is 0.535. The van der Waals surface area contributed by atoms with Gasteiger partial charge in [-0.2, -0.15) is 0 Å². The van der Waals surface area contributed by atoms with Crippen LogP contribution in [0.3, 0.4) is 0 Å². The maximum absolute atomic E-state index is 8.76. The fraction of sp³-hybridized carbons (Fsp3) is 0.714. The van der Waals surface area contributed by atoms with E-state index in [1.807, 2.05) is 13.0 Å². The predicted molar refractivity (Wildman–Crippen MR) is 67.9 cm³/mol. The van der Waals surface area contributed by atoms with Crippen molar-refractivity contribution in [2.24, 2.45) is 5.41 Å². The highest BCUT2D eigenvalue weighted by Crippen LogP contribution is 2.22. The van der Waals surface area contributed by atoms with Crippen LogP contribution in [0.15, 0.2) is 23.3 Å². The van der Waals surface area contributed by atoms with Gasteiger partial charge in [0.05, 0.1) is 6.61 Å². The topological polar surface area (TPSA) is 20.2 Å². The molecule has 88 valence electrons. The van der Waals surface area contributed by atoms with Crippen molar-refractivity contribution in [2.75, 3.05) is 6.61 Å². The van der Waals surface area contributed by atoms with E-state index in [0.717, 1.165) is 6.42 Å². The van der Waals surface area contributed by atoms with E-state index in [1.54, 1.807) is 0 Å². The fourth-order valence-electron chi connectivity index (χ4n) is 1.41. The van der Waals surface area contributed by atoms with Gasteiger partial charge in [-0.15, -0.1) is 0 Å². The molecule has 0 fully saturated rings. The molecule has 1 N–H and O–H groups in total. The number of aliphatic hydroxyl groups is 1. The van der Waals surface area contributed by atoms with Crippen LogP contribution in [0.2, 0.25) is 0 Å². The molecular weight excluding hydrogens is 184 g/mol. The molecule has 0 radical (unpaired) electrons. The van der Waals surface area contributed by atoms with Crippen molar-refractivity contribution in [3.63, 3.8) is 0 Å². The van der Waals surface area contributed by atoms with E-state index < -0.39 is 0 Å². The van der Waals surface area contributed by atoms with Crippen LogP contribution in [0.1, 0.15) is 53.9 Å². The highest BCUT2D eigenvalue weighted by Gasteiger charge is 2.08. The van der Waals surface area contributed by atoms with Gasteiger partial charge in [-0.3, -0.25) is 0 Å². The number of aliphatic hydroxyl groups excluding tert-OH is 1. The summed E-state index contributed by atoms with van der Waals surface area (Å²) >= 11 is 0. The third-order valence-corrected chi connectivity index (χ3v) is 2.60. The van der Waals surface area contributed by atoms with Crippen LogP contribution in [0.4, 0.5) is 0 Å². The van der Waals surface area contributed by atoms with Gasteiger partial charge < -0.3 is 5.11 Å². The molecule has 1 nitrogen and oxygen atoms in total. The second-order valence-electron chi connectivity index (χ2n) is 5.41. The molecule has 15 heavy (non-hydrogen) atoms. The summed E-state index contributed by atoms with van der Waals surface area (Å²) in [6.45, 7) is 11.1. The maximum Gasteiger partial charge on any atom is 0.0618 e. The van der Waals surface area contributed by atoms with E-state index in [0.29, 0.717) is 5.41 Å². The monoisotopic (exact) mass is 210 g/mol. The molecule has 0 spiro atoms. The van der Waals surface area contributed by atoms with Gasteiger partial charge in [-0.1, -0.05) is 44.1 Å². The van der Waals surface area contributed by atoms with E-state index in [1.165, 1.54) is 24.0 Å². The first-order valence-corrected chi connectivity index (χ1v) is 5.81. The van der Waals surface area contributed by atoms with Crippen LogP contribution in [0, 0.1) is 5.41 Å². The zero-order chi connectivity index (χ0) is 11.9. The van der Waals surface area contributed by atoms with Gasteiger partial charge in [0, 0.05) is 0 Å². The molecule has 0 aromatic heterocycles. The van der Waals surface area contributed by atoms with Gasteiger partial charge in [-0.05, 0) is 38.5 Å². The number of unbranched alkanes of at least 4 members (excludes halogenated alkanes) is 1. The molecule has 0 unspecified atom stereocenters. The van der Waals surface area contributed by atoms with Crippen LogP contribution < -0.4 is 0 Å². The van der Waals surface area contributed by atoms with Crippen LogP contribution >= 0.6 is 0 Å². The Morgan fingerprint density at radius 1 is 1.07 bits per heavy atom. The average molecular weight is 210 g/mol. The minimum atomic E-state index is 0.138. The minimum Gasteiger partial charge on any atom is -0.392 e. The van der Waals surface area contributed by atoms with E-state index in [9.17, 15) is 0 Å². The van der Waals surface area contributed by atoms with E-state index in [2.05, 4.69) is 33.8 Å². The highest BCUT2D eigenvalue weighted by molar-refractivity contribution is 5.26. The maximum atomic E-state index is 8.76. The van der Waals surface area contributed by atoms with Gasteiger partial charge in [0.2, 0.25) is 0 Å². The summed E-state index contributed by atoms with van der Waals surface area (Å²) in [4.78, 5) is 0. The zero-order valence-electron chi connectivity index (χ0n) is 10.9. The summed E-state index contributed by atoms with van der Waals surface area (Å²) in [5, 5.41) is 8.76.